The summed E-state index contributed by atoms with van der Waals surface area (Å²) in [5.41, 5.74) is 3.99. The highest BCUT2D eigenvalue weighted by Crippen LogP contribution is 2.32. The third kappa shape index (κ3) is 11.0. The third-order valence-electron chi connectivity index (χ3n) is 9.21. The van der Waals surface area contributed by atoms with Gasteiger partial charge >= 0.3 is 6.16 Å². The molecule has 5 atom stereocenters. The molecule has 0 N–H and O–H groups in total. The van der Waals surface area contributed by atoms with Gasteiger partial charge in [0.05, 0.1) is 39.6 Å². The molecule has 50 heavy (non-hydrogen) atoms. The van der Waals surface area contributed by atoms with Gasteiger partial charge in [-0.05, 0) is 41.0 Å². The zero-order chi connectivity index (χ0) is 34.2. The summed E-state index contributed by atoms with van der Waals surface area (Å²) in [6.45, 7) is 1.72. The lowest BCUT2D eigenvalue weighted by molar-refractivity contribution is -0.318. The fraction of sp³-hybridized carbons (Fsp3) is 0.405. The summed E-state index contributed by atoms with van der Waals surface area (Å²) in [5, 5.41) is 0. The Morgan fingerprint density at radius 2 is 1.00 bits per heavy atom. The van der Waals surface area contributed by atoms with Crippen molar-refractivity contribution >= 4 is 6.16 Å². The minimum absolute atomic E-state index is 0.169. The molecule has 0 aromatic heterocycles. The Bertz CT molecular complexity index is 1510. The van der Waals surface area contributed by atoms with Crippen LogP contribution in [0.2, 0.25) is 0 Å². The molecule has 1 heterocycles. The van der Waals surface area contributed by atoms with Crippen LogP contribution in [-0.4, -0.2) is 50.1 Å². The first-order valence-corrected chi connectivity index (χ1v) is 17.8. The summed E-state index contributed by atoms with van der Waals surface area (Å²) >= 11 is 0. The molecule has 0 radical (unpaired) electrons. The van der Waals surface area contributed by atoms with Crippen molar-refractivity contribution in [3.8, 4) is 0 Å². The van der Waals surface area contributed by atoms with E-state index in [2.05, 4.69) is 0 Å². The average Bonchev–Trinajstić information content (AvgIpc) is 3.17. The minimum Gasteiger partial charge on any atom is -0.434 e. The van der Waals surface area contributed by atoms with Crippen molar-refractivity contribution in [3.63, 3.8) is 0 Å². The number of carbonyl (C=O) groups excluding carboxylic acids is 1. The molecule has 4 aromatic rings. The number of benzene rings is 4. The first kappa shape index (κ1) is 35.8. The molecular weight excluding hydrogens is 632 g/mol. The number of hydrogen-bond donors (Lipinski definition) is 0. The maximum absolute atomic E-state index is 13.3. The van der Waals surface area contributed by atoms with Crippen molar-refractivity contribution in [2.75, 3.05) is 13.2 Å². The first-order valence-electron chi connectivity index (χ1n) is 17.8. The van der Waals surface area contributed by atoms with E-state index in [1.807, 2.05) is 121 Å². The van der Waals surface area contributed by atoms with Gasteiger partial charge in [0, 0.05) is 0 Å². The second kappa shape index (κ2) is 19.4. The van der Waals surface area contributed by atoms with E-state index in [4.69, 9.17) is 33.2 Å². The molecule has 0 bridgehead atoms. The monoisotopic (exact) mass is 680 g/mol. The van der Waals surface area contributed by atoms with Crippen molar-refractivity contribution < 1.29 is 38.0 Å². The van der Waals surface area contributed by atoms with Gasteiger partial charge in [-0.1, -0.05) is 141 Å². The largest absolute Gasteiger partial charge is 0.510 e. The van der Waals surface area contributed by atoms with Crippen molar-refractivity contribution in [3.05, 3.63) is 144 Å². The van der Waals surface area contributed by atoms with E-state index in [9.17, 15) is 4.79 Å². The molecule has 1 saturated carbocycles. The van der Waals surface area contributed by atoms with Crippen LogP contribution in [0, 0.1) is 5.92 Å². The van der Waals surface area contributed by atoms with Crippen LogP contribution in [0.4, 0.5) is 4.79 Å². The van der Waals surface area contributed by atoms with Crippen LogP contribution in [0.25, 0.3) is 0 Å². The fourth-order valence-electron chi connectivity index (χ4n) is 6.51. The predicted octanol–water partition coefficient (Wildman–Crippen LogP) is 8.42. The SMILES string of the molecule is O=C(OCC1CCCCC1)OC1O[C@H](COCc2ccccc2)[C@@H](OCc2ccccc2)[C@H](OCc2ccccc2)[C@H]1OCc1ccccc1. The van der Waals surface area contributed by atoms with Crippen LogP contribution in [0.15, 0.2) is 121 Å². The average molecular weight is 681 g/mol. The maximum atomic E-state index is 13.3. The molecule has 6 rings (SSSR count). The van der Waals surface area contributed by atoms with Crippen molar-refractivity contribution in [2.24, 2.45) is 5.92 Å². The predicted molar refractivity (Wildman–Crippen MR) is 189 cm³/mol. The first-order chi connectivity index (χ1) is 24.7. The molecule has 1 saturated heterocycles. The van der Waals surface area contributed by atoms with Crippen LogP contribution in [0.3, 0.4) is 0 Å². The summed E-state index contributed by atoms with van der Waals surface area (Å²) in [6, 6.07) is 39.7. The Morgan fingerprint density at radius 1 is 0.540 bits per heavy atom. The molecule has 4 aromatic carbocycles. The lowest BCUT2D eigenvalue weighted by Crippen LogP contribution is -2.62. The summed E-state index contributed by atoms with van der Waals surface area (Å²) in [7, 11) is 0. The molecule has 2 aliphatic rings. The third-order valence-corrected chi connectivity index (χ3v) is 9.21. The normalized spacial score (nSPS) is 22.5. The molecular formula is C42H48O8. The van der Waals surface area contributed by atoms with Gasteiger partial charge in [-0.15, -0.1) is 0 Å². The molecule has 8 nitrogen and oxygen atoms in total. The Hall–Kier alpha value is -4.05. The van der Waals surface area contributed by atoms with Crippen LogP contribution in [0.1, 0.15) is 54.4 Å². The number of carbonyl (C=O) groups is 1. The highest BCUT2D eigenvalue weighted by Gasteiger charge is 2.50. The van der Waals surface area contributed by atoms with E-state index >= 15 is 0 Å². The van der Waals surface area contributed by atoms with Crippen molar-refractivity contribution in [2.45, 2.75) is 89.2 Å². The lowest BCUT2D eigenvalue weighted by Gasteiger charge is -2.45. The molecule has 1 aliphatic heterocycles. The Morgan fingerprint density at radius 3 is 1.52 bits per heavy atom. The van der Waals surface area contributed by atoms with Gasteiger partial charge in [0.2, 0.25) is 6.29 Å². The van der Waals surface area contributed by atoms with Crippen molar-refractivity contribution in [1.29, 1.82) is 0 Å². The van der Waals surface area contributed by atoms with Crippen molar-refractivity contribution in [1.82, 2.24) is 0 Å². The standard InChI is InChI=1S/C42H48O8/c43-42(48-30-36-24-14-5-15-25-36)50-41-40(47-29-35-22-12-4-13-23-35)39(46-28-34-20-10-3-11-21-34)38(45-27-33-18-8-2-9-19-33)37(49-41)31-44-26-32-16-6-1-7-17-32/h1-4,6-13,16-23,36-41H,5,14-15,24-31H2/t37-,38-,39+,40-,41?/m1/s1. The molecule has 1 unspecified atom stereocenters. The smallest absolute Gasteiger partial charge is 0.434 e. The molecule has 2 fully saturated rings. The van der Waals surface area contributed by atoms with E-state index < -0.39 is 36.9 Å². The second-order valence-electron chi connectivity index (χ2n) is 13.0. The quantitative estimate of drug-likeness (QED) is 0.109. The number of rotatable bonds is 16. The van der Waals surface area contributed by atoms with E-state index in [0.717, 1.165) is 47.9 Å². The van der Waals surface area contributed by atoms with E-state index in [1.165, 1.54) is 6.42 Å². The fourth-order valence-corrected chi connectivity index (χ4v) is 6.51. The van der Waals surface area contributed by atoms with Gasteiger partial charge in [-0.25, -0.2) is 4.79 Å². The molecule has 0 spiro atoms. The highest BCUT2D eigenvalue weighted by molar-refractivity contribution is 5.60. The molecule has 0 amide bonds. The second-order valence-corrected chi connectivity index (χ2v) is 13.0. The van der Waals surface area contributed by atoms with Crippen LogP contribution in [-0.2, 0) is 59.6 Å². The summed E-state index contributed by atoms with van der Waals surface area (Å²) in [6.07, 6.45) is 0.875. The van der Waals surface area contributed by atoms with Gasteiger partial charge in [0.25, 0.3) is 0 Å². The van der Waals surface area contributed by atoms with Gasteiger partial charge in [-0.3, -0.25) is 0 Å². The lowest BCUT2D eigenvalue weighted by atomic mass is 9.90. The molecule has 8 heteroatoms. The van der Waals surface area contributed by atoms with E-state index in [1.54, 1.807) is 0 Å². The Kier molecular flexibility index (Phi) is 13.9. The minimum atomic E-state index is -1.14. The molecule has 1 aliphatic carbocycles. The number of ether oxygens (including phenoxy) is 7. The van der Waals surface area contributed by atoms with E-state index in [-0.39, 0.29) is 13.2 Å². The molecule has 264 valence electrons. The zero-order valence-corrected chi connectivity index (χ0v) is 28.6. The number of hydrogen-bond acceptors (Lipinski definition) is 8. The summed E-state index contributed by atoms with van der Waals surface area (Å²) in [4.78, 5) is 13.3. The Labute approximate surface area is 295 Å². The Balaban J connectivity index is 1.26. The maximum Gasteiger partial charge on any atom is 0.510 e. The van der Waals surface area contributed by atoms with E-state index in [0.29, 0.717) is 32.3 Å². The highest BCUT2D eigenvalue weighted by atomic mass is 16.8. The topological polar surface area (TPSA) is 81.7 Å². The zero-order valence-electron chi connectivity index (χ0n) is 28.6. The van der Waals surface area contributed by atoms with Gasteiger partial charge in [0.1, 0.15) is 24.4 Å². The summed E-state index contributed by atoms with van der Waals surface area (Å²) < 4.78 is 44.4. The van der Waals surface area contributed by atoms with Gasteiger partial charge in [-0.2, -0.15) is 0 Å². The van der Waals surface area contributed by atoms with Gasteiger partial charge in [0.15, 0.2) is 0 Å². The van der Waals surface area contributed by atoms with Gasteiger partial charge < -0.3 is 33.2 Å². The van der Waals surface area contributed by atoms with Crippen LogP contribution < -0.4 is 0 Å². The van der Waals surface area contributed by atoms with Crippen LogP contribution >= 0.6 is 0 Å². The van der Waals surface area contributed by atoms with Crippen LogP contribution in [0.5, 0.6) is 0 Å². The summed E-state index contributed by atoms with van der Waals surface area (Å²) in [5.74, 6) is 0.338.